The van der Waals surface area contributed by atoms with Crippen molar-refractivity contribution in [3.8, 4) is 0 Å². The van der Waals surface area contributed by atoms with Crippen LogP contribution in [0.1, 0.15) is 26.2 Å². The number of aliphatic hydroxyl groups is 1. The fourth-order valence-electron chi connectivity index (χ4n) is 2.58. The monoisotopic (exact) mass is 280 g/mol. The maximum atomic E-state index is 13.1. The molecule has 0 aromatic heterocycles. The summed E-state index contributed by atoms with van der Waals surface area (Å²) in [6.07, 6.45) is 2.52. The molecule has 20 heavy (non-hydrogen) atoms. The van der Waals surface area contributed by atoms with Crippen molar-refractivity contribution in [2.24, 2.45) is 5.41 Å². The summed E-state index contributed by atoms with van der Waals surface area (Å²) in [7, 11) is 0. The summed E-state index contributed by atoms with van der Waals surface area (Å²) < 4.78 is 13.1. The van der Waals surface area contributed by atoms with Gasteiger partial charge in [-0.2, -0.15) is 0 Å². The van der Waals surface area contributed by atoms with Crippen molar-refractivity contribution in [2.75, 3.05) is 25.0 Å². The Morgan fingerprint density at radius 3 is 2.70 bits per heavy atom. The fraction of sp³-hybridized carbons (Fsp3) is 0.533. The Bertz CT molecular complexity index is 465. The fourth-order valence-corrected chi connectivity index (χ4v) is 2.58. The number of hydrogen-bond donors (Lipinski definition) is 2. The predicted octanol–water partition coefficient (Wildman–Crippen LogP) is 2.84. The van der Waals surface area contributed by atoms with Gasteiger partial charge in [0.2, 0.25) is 0 Å². The van der Waals surface area contributed by atoms with Crippen LogP contribution in [-0.2, 0) is 0 Å². The van der Waals surface area contributed by atoms with E-state index < -0.39 is 0 Å². The first-order valence-corrected chi connectivity index (χ1v) is 7.01. The van der Waals surface area contributed by atoms with Crippen LogP contribution in [0, 0.1) is 11.2 Å². The second kappa shape index (κ2) is 6.22. The van der Waals surface area contributed by atoms with Crippen molar-refractivity contribution in [2.45, 2.75) is 26.2 Å². The Balaban J connectivity index is 1.92. The summed E-state index contributed by atoms with van der Waals surface area (Å²) in [5.41, 5.74) is 0.416. The number of benzene rings is 1. The van der Waals surface area contributed by atoms with Crippen LogP contribution in [0.3, 0.4) is 0 Å². The van der Waals surface area contributed by atoms with Gasteiger partial charge in [0.1, 0.15) is 5.82 Å². The molecule has 0 spiro atoms. The van der Waals surface area contributed by atoms with Crippen molar-refractivity contribution in [1.29, 1.82) is 0 Å². The second-order valence-electron chi connectivity index (χ2n) is 5.44. The van der Waals surface area contributed by atoms with Gasteiger partial charge < -0.3 is 15.3 Å². The largest absolute Gasteiger partial charge is 0.396 e. The summed E-state index contributed by atoms with van der Waals surface area (Å²) in [6.45, 7) is 3.48. The van der Waals surface area contributed by atoms with E-state index in [1.54, 1.807) is 17.0 Å². The van der Waals surface area contributed by atoms with Crippen LogP contribution in [0.4, 0.5) is 14.9 Å². The van der Waals surface area contributed by atoms with Gasteiger partial charge in [-0.25, -0.2) is 9.18 Å². The summed E-state index contributed by atoms with van der Waals surface area (Å²) in [6, 6.07) is 5.65. The molecule has 110 valence electrons. The molecule has 2 amide bonds. The zero-order valence-electron chi connectivity index (χ0n) is 11.7. The molecule has 2 N–H and O–H groups in total. The molecule has 0 atom stereocenters. The maximum absolute atomic E-state index is 13.1. The Morgan fingerprint density at radius 1 is 1.45 bits per heavy atom. The number of halogens is 1. The first kappa shape index (κ1) is 14.8. The van der Waals surface area contributed by atoms with E-state index >= 15 is 0 Å². The van der Waals surface area contributed by atoms with Gasteiger partial charge in [0.05, 0.1) is 0 Å². The number of aliphatic hydroxyl groups excluding tert-OH is 1. The molecular weight excluding hydrogens is 259 g/mol. The van der Waals surface area contributed by atoms with E-state index in [-0.39, 0.29) is 23.9 Å². The Hall–Kier alpha value is -1.62. The molecule has 0 bridgehead atoms. The maximum Gasteiger partial charge on any atom is 0.321 e. The van der Waals surface area contributed by atoms with E-state index in [9.17, 15) is 14.3 Å². The lowest BCUT2D eigenvalue weighted by Gasteiger charge is -2.40. The standard InChI is InChI=1S/C15H21FN2O2/c1-2-15(11-19)6-8-18(9-7-15)14(20)17-13-5-3-4-12(16)10-13/h3-5,10,19H,2,6-9,11H2,1H3,(H,17,20). The van der Waals surface area contributed by atoms with Crippen LogP contribution in [-0.4, -0.2) is 35.7 Å². The highest BCUT2D eigenvalue weighted by atomic mass is 19.1. The minimum atomic E-state index is -0.369. The second-order valence-corrected chi connectivity index (χ2v) is 5.44. The van der Waals surface area contributed by atoms with E-state index in [1.807, 2.05) is 0 Å². The number of rotatable bonds is 3. The molecule has 1 aliphatic rings. The van der Waals surface area contributed by atoms with Crippen molar-refractivity contribution in [3.05, 3.63) is 30.1 Å². The zero-order chi connectivity index (χ0) is 14.6. The molecule has 0 unspecified atom stereocenters. The summed E-state index contributed by atoms with van der Waals surface area (Å²) >= 11 is 0. The molecule has 1 aromatic carbocycles. The van der Waals surface area contributed by atoms with Gasteiger partial charge in [0, 0.05) is 25.4 Å². The lowest BCUT2D eigenvalue weighted by Crippen LogP contribution is -2.46. The van der Waals surface area contributed by atoms with Gasteiger partial charge in [-0.1, -0.05) is 13.0 Å². The molecule has 0 aliphatic carbocycles. The van der Waals surface area contributed by atoms with E-state index in [1.165, 1.54) is 12.1 Å². The minimum absolute atomic E-state index is 0.0460. The Morgan fingerprint density at radius 2 is 2.15 bits per heavy atom. The summed E-state index contributed by atoms with van der Waals surface area (Å²) in [5, 5.41) is 12.2. The van der Waals surface area contributed by atoms with Gasteiger partial charge in [0.15, 0.2) is 0 Å². The molecule has 1 aromatic rings. The quantitative estimate of drug-likeness (QED) is 0.894. The first-order valence-electron chi connectivity index (χ1n) is 7.01. The molecule has 1 aliphatic heterocycles. The lowest BCUT2D eigenvalue weighted by molar-refractivity contribution is 0.0542. The van der Waals surface area contributed by atoms with E-state index in [0.717, 1.165) is 19.3 Å². The Labute approximate surface area is 118 Å². The summed E-state index contributed by atoms with van der Waals surface area (Å²) in [5.74, 6) is -0.369. The third-order valence-corrected chi connectivity index (χ3v) is 4.27. The number of urea groups is 1. The number of nitrogens with zero attached hydrogens (tertiary/aromatic N) is 1. The highest BCUT2D eigenvalue weighted by Crippen LogP contribution is 2.34. The zero-order valence-corrected chi connectivity index (χ0v) is 11.7. The van der Waals surface area contributed by atoms with Crippen LogP contribution < -0.4 is 5.32 Å². The molecule has 1 heterocycles. The third-order valence-electron chi connectivity index (χ3n) is 4.27. The molecule has 0 saturated carbocycles. The first-order chi connectivity index (χ1) is 9.58. The predicted molar refractivity (Wildman–Crippen MR) is 76.0 cm³/mol. The number of carbonyl (C=O) groups excluding carboxylic acids is 1. The van der Waals surface area contributed by atoms with Crippen molar-refractivity contribution in [1.82, 2.24) is 4.90 Å². The normalized spacial score (nSPS) is 17.9. The molecule has 1 fully saturated rings. The minimum Gasteiger partial charge on any atom is -0.396 e. The molecule has 4 nitrogen and oxygen atoms in total. The van der Waals surface area contributed by atoms with Crippen LogP contribution in [0.15, 0.2) is 24.3 Å². The average Bonchev–Trinajstić information content (AvgIpc) is 2.47. The van der Waals surface area contributed by atoms with Crippen LogP contribution in [0.2, 0.25) is 0 Å². The number of carbonyl (C=O) groups is 1. The molecule has 0 radical (unpaired) electrons. The molecule has 1 saturated heterocycles. The van der Waals surface area contributed by atoms with Gasteiger partial charge in [-0.15, -0.1) is 0 Å². The SMILES string of the molecule is CCC1(CO)CCN(C(=O)Nc2cccc(F)c2)CC1. The molecule has 2 rings (SSSR count). The van der Waals surface area contributed by atoms with Gasteiger partial charge in [-0.3, -0.25) is 0 Å². The number of amides is 2. The van der Waals surface area contributed by atoms with Crippen molar-refractivity contribution < 1.29 is 14.3 Å². The average molecular weight is 280 g/mol. The highest BCUT2D eigenvalue weighted by Gasteiger charge is 2.33. The lowest BCUT2D eigenvalue weighted by atomic mass is 9.77. The van der Waals surface area contributed by atoms with Crippen LogP contribution >= 0.6 is 0 Å². The third kappa shape index (κ3) is 3.28. The molecular formula is C15H21FN2O2. The van der Waals surface area contributed by atoms with Crippen LogP contribution in [0.25, 0.3) is 0 Å². The highest BCUT2D eigenvalue weighted by molar-refractivity contribution is 5.89. The van der Waals surface area contributed by atoms with Crippen molar-refractivity contribution >= 4 is 11.7 Å². The number of anilines is 1. The van der Waals surface area contributed by atoms with E-state index in [0.29, 0.717) is 18.8 Å². The van der Waals surface area contributed by atoms with Crippen LogP contribution in [0.5, 0.6) is 0 Å². The van der Waals surface area contributed by atoms with Gasteiger partial charge >= 0.3 is 6.03 Å². The smallest absolute Gasteiger partial charge is 0.321 e. The van der Waals surface area contributed by atoms with Gasteiger partial charge in [-0.05, 0) is 42.9 Å². The van der Waals surface area contributed by atoms with E-state index in [2.05, 4.69) is 12.2 Å². The number of likely N-dealkylation sites (tertiary alicyclic amines) is 1. The number of nitrogens with one attached hydrogen (secondary N) is 1. The Kier molecular flexibility index (Phi) is 4.60. The topological polar surface area (TPSA) is 52.6 Å². The van der Waals surface area contributed by atoms with E-state index in [4.69, 9.17) is 0 Å². The van der Waals surface area contributed by atoms with Gasteiger partial charge in [0.25, 0.3) is 0 Å². The van der Waals surface area contributed by atoms with Crippen molar-refractivity contribution in [3.63, 3.8) is 0 Å². The molecule has 5 heteroatoms. The summed E-state index contributed by atoms with van der Waals surface area (Å²) in [4.78, 5) is 13.8. The number of piperidine rings is 1. The number of hydrogen-bond acceptors (Lipinski definition) is 2.